The number of nitrogens with one attached hydrogen (secondary N) is 1. The van der Waals surface area contributed by atoms with Gasteiger partial charge in [0.1, 0.15) is 0 Å². The minimum atomic E-state index is 0.626. The van der Waals surface area contributed by atoms with E-state index in [1.54, 1.807) is 0 Å². The van der Waals surface area contributed by atoms with E-state index in [1.165, 1.54) is 25.9 Å². The Hall–Kier alpha value is -0.120. The third-order valence-electron chi connectivity index (χ3n) is 2.79. The molecule has 2 rings (SSSR count). The zero-order valence-electron chi connectivity index (χ0n) is 7.75. The SMILES string of the molecule is CN1CC[C@H](N[C@@H]2CCOC2)C1. The molecule has 3 nitrogen and oxygen atoms in total. The first-order valence-corrected chi connectivity index (χ1v) is 4.87. The van der Waals surface area contributed by atoms with Crippen molar-refractivity contribution in [1.29, 1.82) is 0 Å². The molecule has 0 aromatic carbocycles. The van der Waals surface area contributed by atoms with E-state index in [4.69, 9.17) is 4.74 Å². The van der Waals surface area contributed by atoms with Crippen LogP contribution in [-0.4, -0.2) is 50.3 Å². The van der Waals surface area contributed by atoms with Gasteiger partial charge in [-0.15, -0.1) is 0 Å². The fourth-order valence-corrected chi connectivity index (χ4v) is 2.07. The summed E-state index contributed by atoms with van der Waals surface area (Å²) in [6.07, 6.45) is 2.49. The highest BCUT2D eigenvalue weighted by Gasteiger charge is 2.24. The summed E-state index contributed by atoms with van der Waals surface area (Å²) in [4.78, 5) is 2.38. The Morgan fingerprint density at radius 2 is 2.25 bits per heavy atom. The lowest BCUT2D eigenvalue weighted by molar-refractivity contribution is 0.188. The van der Waals surface area contributed by atoms with Gasteiger partial charge in [-0.1, -0.05) is 0 Å². The second kappa shape index (κ2) is 3.73. The number of nitrogens with zero attached hydrogens (tertiary/aromatic N) is 1. The Labute approximate surface area is 74.1 Å². The zero-order valence-corrected chi connectivity index (χ0v) is 7.75. The molecule has 0 amide bonds. The van der Waals surface area contributed by atoms with Crippen LogP contribution in [0.5, 0.6) is 0 Å². The van der Waals surface area contributed by atoms with E-state index < -0.39 is 0 Å². The van der Waals surface area contributed by atoms with Crippen molar-refractivity contribution in [3.05, 3.63) is 0 Å². The van der Waals surface area contributed by atoms with Crippen LogP contribution in [0.2, 0.25) is 0 Å². The van der Waals surface area contributed by atoms with Crippen LogP contribution in [0.25, 0.3) is 0 Å². The van der Waals surface area contributed by atoms with Gasteiger partial charge in [-0.05, 0) is 26.4 Å². The topological polar surface area (TPSA) is 24.5 Å². The highest BCUT2D eigenvalue weighted by Crippen LogP contribution is 2.10. The Kier molecular flexibility index (Phi) is 2.63. The van der Waals surface area contributed by atoms with Crippen molar-refractivity contribution in [1.82, 2.24) is 10.2 Å². The van der Waals surface area contributed by atoms with E-state index in [0.717, 1.165) is 13.2 Å². The largest absolute Gasteiger partial charge is 0.380 e. The first-order valence-electron chi connectivity index (χ1n) is 4.87. The van der Waals surface area contributed by atoms with Crippen molar-refractivity contribution in [3.63, 3.8) is 0 Å². The molecule has 0 bridgehead atoms. The fourth-order valence-electron chi connectivity index (χ4n) is 2.07. The number of hydrogen-bond acceptors (Lipinski definition) is 3. The zero-order chi connectivity index (χ0) is 8.39. The Bertz CT molecular complexity index is 145. The molecule has 3 heteroatoms. The Balaban J connectivity index is 1.72. The minimum absolute atomic E-state index is 0.626. The van der Waals surface area contributed by atoms with Gasteiger partial charge in [-0.2, -0.15) is 0 Å². The molecule has 70 valence electrons. The fraction of sp³-hybridized carbons (Fsp3) is 1.00. The van der Waals surface area contributed by atoms with E-state index in [9.17, 15) is 0 Å². The first-order chi connectivity index (χ1) is 5.84. The average molecular weight is 170 g/mol. The highest BCUT2D eigenvalue weighted by molar-refractivity contribution is 4.83. The molecule has 1 N–H and O–H groups in total. The van der Waals surface area contributed by atoms with E-state index >= 15 is 0 Å². The van der Waals surface area contributed by atoms with Gasteiger partial charge in [0, 0.05) is 25.2 Å². The van der Waals surface area contributed by atoms with Crippen LogP contribution >= 0.6 is 0 Å². The lowest BCUT2D eigenvalue weighted by Crippen LogP contribution is -2.39. The number of hydrogen-bond donors (Lipinski definition) is 1. The highest BCUT2D eigenvalue weighted by atomic mass is 16.5. The maximum absolute atomic E-state index is 5.32. The summed E-state index contributed by atoms with van der Waals surface area (Å²) in [6.45, 7) is 4.31. The molecule has 2 aliphatic rings. The molecule has 0 unspecified atom stereocenters. The number of rotatable bonds is 2. The molecule has 12 heavy (non-hydrogen) atoms. The summed E-state index contributed by atoms with van der Waals surface area (Å²) in [6, 6.07) is 1.34. The normalized spacial score (nSPS) is 37.8. The van der Waals surface area contributed by atoms with Crippen molar-refractivity contribution >= 4 is 0 Å². The second-order valence-corrected chi connectivity index (χ2v) is 3.98. The van der Waals surface area contributed by atoms with Crippen molar-refractivity contribution in [3.8, 4) is 0 Å². The number of ether oxygens (including phenoxy) is 1. The van der Waals surface area contributed by atoms with Gasteiger partial charge in [0.05, 0.1) is 6.61 Å². The summed E-state index contributed by atoms with van der Waals surface area (Å²) < 4.78 is 5.32. The molecule has 0 spiro atoms. The van der Waals surface area contributed by atoms with E-state index in [-0.39, 0.29) is 0 Å². The van der Waals surface area contributed by atoms with Gasteiger partial charge in [0.2, 0.25) is 0 Å². The minimum Gasteiger partial charge on any atom is -0.380 e. The third-order valence-corrected chi connectivity index (χ3v) is 2.79. The molecule has 2 aliphatic heterocycles. The van der Waals surface area contributed by atoms with Gasteiger partial charge < -0.3 is 15.0 Å². The monoisotopic (exact) mass is 170 g/mol. The molecule has 2 fully saturated rings. The number of likely N-dealkylation sites (N-methyl/N-ethyl adjacent to an activating group) is 1. The summed E-state index contributed by atoms with van der Waals surface area (Å²) >= 11 is 0. The van der Waals surface area contributed by atoms with Crippen molar-refractivity contribution in [2.45, 2.75) is 24.9 Å². The molecule has 2 heterocycles. The molecule has 0 radical (unpaired) electrons. The van der Waals surface area contributed by atoms with Gasteiger partial charge in [-0.25, -0.2) is 0 Å². The van der Waals surface area contributed by atoms with E-state index in [2.05, 4.69) is 17.3 Å². The van der Waals surface area contributed by atoms with Crippen LogP contribution in [-0.2, 0) is 4.74 Å². The smallest absolute Gasteiger partial charge is 0.0620 e. The van der Waals surface area contributed by atoms with Crippen LogP contribution in [0, 0.1) is 0 Å². The molecular formula is C9H18N2O. The van der Waals surface area contributed by atoms with Gasteiger partial charge in [0.15, 0.2) is 0 Å². The van der Waals surface area contributed by atoms with Crippen LogP contribution in [0.3, 0.4) is 0 Å². The Morgan fingerprint density at radius 1 is 1.33 bits per heavy atom. The summed E-state index contributed by atoms with van der Waals surface area (Å²) in [5.74, 6) is 0. The maximum atomic E-state index is 5.32. The standard InChI is InChI=1S/C9H18N2O/c1-11-4-2-8(6-11)10-9-3-5-12-7-9/h8-10H,2-7H2,1H3/t8-,9+/m0/s1. The second-order valence-electron chi connectivity index (χ2n) is 3.98. The molecule has 0 aromatic rings. The molecule has 2 saturated heterocycles. The molecule has 0 aromatic heterocycles. The van der Waals surface area contributed by atoms with Crippen LogP contribution in [0.1, 0.15) is 12.8 Å². The van der Waals surface area contributed by atoms with E-state index in [1.807, 2.05) is 0 Å². The first kappa shape index (κ1) is 8.48. The van der Waals surface area contributed by atoms with Crippen molar-refractivity contribution in [2.24, 2.45) is 0 Å². The summed E-state index contributed by atoms with van der Waals surface area (Å²) in [7, 11) is 2.19. The molecule has 0 saturated carbocycles. The van der Waals surface area contributed by atoms with E-state index in [0.29, 0.717) is 12.1 Å². The molecular weight excluding hydrogens is 152 g/mol. The summed E-state index contributed by atoms with van der Waals surface area (Å²) in [5.41, 5.74) is 0. The van der Waals surface area contributed by atoms with Crippen LogP contribution in [0.4, 0.5) is 0 Å². The van der Waals surface area contributed by atoms with Gasteiger partial charge >= 0.3 is 0 Å². The van der Waals surface area contributed by atoms with Crippen molar-refractivity contribution < 1.29 is 4.74 Å². The third kappa shape index (κ3) is 1.97. The van der Waals surface area contributed by atoms with Crippen LogP contribution in [0.15, 0.2) is 0 Å². The molecule has 2 atom stereocenters. The Morgan fingerprint density at radius 3 is 2.83 bits per heavy atom. The lowest BCUT2D eigenvalue weighted by Gasteiger charge is -2.17. The predicted molar refractivity (Wildman–Crippen MR) is 48.3 cm³/mol. The molecule has 0 aliphatic carbocycles. The quantitative estimate of drug-likeness (QED) is 0.634. The lowest BCUT2D eigenvalue weighted by atomic mass is 10.2. The van der Waals surface area contributed by atoms with Gasteiger partial charge in [-0.3, -0.25) is 0 Å². The predicted octanol–water partition coefficient (Wildman–Crippen LogP) is 0.0690. The van der Waals surface area contributed by atoms with Crippen LogP contribution < -0.4 is 5.32 Å². The number of likely N-dealkylation sites (tertiary alicyclic amines) is 1. The van der Waals surface area contributed by atoms with Crippen molar-refractivity contribution in [2.75, 3.05) is 33.4 Å². The average Bonchev–Trinajstić information content (AvgIpc) is 2.63. The maximum Gasteiger partial charge on any atom is 0.0620 e. The summed E-state index contributed by atoms with van der Waals surface area (Å²) in [5, 5.41) is 3.64. The van der Waals surface area contributed by atoms with Gasteiger partial charge in [0.25, 0.3) is 0 Å².